The fourth-order valence-electron chi connectivity index (χ4n) is 6.62. The summed E-state index contributed by atoms with van der Waals surface area (Å²) in [7, 11) is 0. The maximum atomic E-state index is 13.3. The van der Waals surface area contributed by atoms with Gasteiger partial charge in [0.1, 0.15) is 37.1 Å². The van der Waals surface area contributed by atoms with Crippen LogP contribution in [0.2, 0.25) is 0 Å². The van der Waals surface area contributed by atoms with Gasteiger partial charge >= 0.3 is 11.9 Å². The van der Waals surface area contributed by atoms with E-state index in [1.165, 1.54) is 0 Å². The van der Waals surface area contributed by atoms with Crippen LogP contribution < -0.4 is 14.2 Å². The Hall–Kier alpha value is -6.97. The molecule has 6 aromatic carbocycles. The Morgan fingerprint density at radius 1 is 0.542 bits per heavy atom. The molecule has 0 fully saturated rings. The molecule has 0 unspecified atom stereocenters. The third-order valence-electron chi connectivity index (χ3n) is 9.92. The number of pyridine rings is 2. The molecular weight excluding hydrogens is 757 g/mol. The molecule has 0 N–H and O–H groups in total. The average Bonchev–Trinajstić information content (AvgIpc) is 3.27. The van der Waals surface area contributed by atoms with Crippen molar-refractivity contribution >= 4 is 45.5 Å². The first kappa shape index (κ1) is 38.9. The molecule has 0 aliphatic carbocycles. The number of ether oxygens (including phenoxy) is 4. The van der Waals surface area contributed by atoms with Gasteiger partial charge in [0.05, 0.1) is 33.5 Å². The van der Waals surface area contributed by atoms with Gasteiger partial charge in [-0.05, 0) is 103 Å². The quantitative estimate of drug-likeness (QED) is 0.0605. The smallest absolute Gasteiger partial charge is 0.346 e. The van der Waals surface area contributed by atoms with E-state index >= 15 is 0 Å². The second kappa shape index (κ2) is 18.1. The Labute approximate surface area is 346 Å². The second-order valence-corrected chi connectivity index (χ2v) is 15.0. The Bertz CT molecular complexity index is 2800. The predicted octanol–water partition coefficient (Wildman–Crippen LogP) is 11.4. The standard InChI is InChI=1S/C50H40N2O6S/c1-33-39(30-56-47-21-10-22-48(34(47)2)57-31-40-25-23-36-12-3-5-19-45(36)51-40)15-8-18-44(33)50(54)58-49(53)38-14-7-11-35(27-38)29-55-42-16-9-17-43(28-42)59-32-41-26-24-37-13-4-6-20-46(37)52-41/h3-28H,29-32H2,1-2H3. The van der Waals surface area contributed by atoms with E-state index < -0.39 is 11.9 Å². The van der Waals surface area contributed by atoms with Gasteiger partial charge in [-0.15, -0.1) is 11.8 Å². The zero-order valence-corrected chi connectivity index (χ0v) is 33.4. The van der Waals surface area contributed by atoms with Crippen molar-refractivity contribution in [3.05, 3.63) is 202 Å². The molecule has 0 amide bonds. The number of para-hydroxylation sites is 2. The highest BCUT2D eigenvalue weighted by atomic mass is 32.2. The Morgan fingerprint density at radius 3 is 1.98 bits per heavy atom. The molecule has 2 aromatic heterocycles. The highest BCUT2D eigenvalue weighted by Crippen LogP contribution is 2.30. The van der Waals surface area contributed by atoms with Crippen LogP contribution in [-0.4, -0.2) is 21.9 Å². The molecule has 0 aliphatic rings. The third kappa shape index (κ3) is 9.60. The van der Waals surface area contributed by atoms with Gasteiger partial charge < -0.3 is 18.9 Å². The molecule has 0 atom stereocenters. The average molecular weight is 797 g/mol. The number of benzene rings is 6. The van der Waals surface area contributed by atoms with Crippen LogP contribution in [0, 0.1) is 13.8 Å². The van der Waals surface area contributed by atoms with Crippen molar-refractivity contribution in [1.29, 1.82) is 0 Å². The molecule has 0 saturated carbocycles. The minimum absolute atomic E-state index is 0.197. The first-order chi connectivity index (χ1) is 28.9. The van der Waals surface area contributed by atoms with Crippen molar-refractivity contribution in [2.75, 3.05) is 0 Å². The summed E-state index contributed by atoms with van der Waals surface area (Å²) in [4.78, 5) is 37.1. The first-order valence-corrected chi connectivity index (χ1v) is 20.2. The van der Waals surface area contributed by atoms with E-state index in [9.17, 15) is 9.59 Å². The largest absolute Gasteiger partial charge is 0.489 e. The number of esters is 2. The molecule has 0 radical (unpaired) electrons. The molecule has 0 spiro atoms. The number of rotatable bonds is 14. The highest BCUT2D eigenvalue weighted by molar-refractivity contribution is 7.98. The molecule has 9 heteroatoms. The minimum Gasteiger partial charge on any atom is -0.489 e. The molecule has 2 heterocycles. The summed E-state index contributed by atoms with van der Waals surface area (Å²) in [6, 6.07) is 49.9. The number of aromatic nitrogens is 2. The highest BCUT2D eigenvalue weighted by Gasteiger charge is 2.19. The monoisotopic (exact) mass is 796 g/mol. The summed E-state index contributed by atoms with van der Waals surface area (Å²) in [5.41, 5.74) is 7.31. The number of carbonyl (C=O) groups is 2. The van der Waals surface area contributed by atoms with Crippen LogP contribution in [-0.2, 0) is 30.3 Å². The molecule has 8 rings (SSSR count). The van der Waals surface area contributed by atoms with Crippen LogP contribution in [0.15, 0.2) is 163 Å². The van der Waals surface area contributed by atoms with Crippen LogP contribution in [0.1, 0.15) is 54.4 Å². The van der Waals surface area contributed by atoms with Gasteiger partial charge in [-0.25, -0.2) is 14.6 Å². The third-order valence-corrected chi connectivity index (χ3v) is 10.9. The lowest BCUT2D eigenvalue weighted by molar-refractivity contribution is 0.0397. The number of hydrogen-bond donors (Lipinski definition) is 0. The molecular formula is C50H40N2O6S. The lowest BCUT2D eigenvalue weighted by Crippen LogP contribution is -2.15. The second-order valence-electron chi connectivity index (χ2n) is 14.0. The molecule has 8 nitrogen and oxygen atoms in total. The van der Waals surface area contributed by atoms with Crippen LogP contribution >= 0.6 is 11.8 Å². The van der Waals surface area contributed by atoms with E-state index in [2.05, 4.69) is 18.2 Å². The summed E-state index contributed by atoms with van der Waals surface area (Å²) < 4.78 is 23.8. The summed E-state index contributed by atoms with van der Waals surface area (Å²) in [6.45, 7) is 4.50. The Balaban J connectivity index is 0.845. The molecule has 8 aromatic rings. The Morgan fingerprint density at radius 2 is 1.20 bits per heavy atom. The molecule has 292 valence electrons. The van der Waals surface area contributed by atoms with Gasteiger partial charge in [-0.1, -0.05) is 84.9 Å². The van der Waals surface area contributed by atoms with Gasteiger partial charge in [-0.2, -0.15) is 0 Å². The van der Waals surface area contributed by atoms with E-state index in [1.807, 2.05) is 123 Å². The van der Waals surface area contributed by atoms with E-state index in [0.717, 1.165) is 60.5 Å². The van der Waals surface area contributed by atoms with E-state index in [0.29, 0.717) is 29.4 Å². The van der Waals surface area contributed by atoms with Crippen molar-refractivity contribution in [2.45, 2.75) is 44.3 Å². The number of nitrogens with zero attached hydrogens (tertiary/aromatic N) is 2. The number of carbonyl (C=O) groups excluding carboxylic acids is 2. The van der Waals surface area contributed by atoms with Crippen LogP contribution in [0.4, 0.5) is 0 Å². The number of fused-ring (bicyclic) bond motifs is 2. The van der Waals surface area contributed by atoms with Gasteiger partial charge in [0.25, 0.3) is 0 Å². The van der Waals surface area contributed by atoms with Crippen molar-refractivity contribution in [3.63, 3.8) is 0 Å². The molecule has 0 bridgehead atoms. The maximum absolute atomic E-state index is 13.3. The van der Waals surface area contributed by atoms with Crippen molar-refractivity contribution in [1.82, 2.24) is 9.97 Å². The van der Waals surface area contributed by atoms with Crippen LogP contribution in [0.25, 0.3) is 21.8 Å². The first-order valence-electron chi connectivity index (χ1n) is 19.2. The SMILES string of the molecule is Cc1c(OCc2ccc3ccccc3n2)cccc1OCc1cccc(C(=O)OC(=O)c2cccc(COc3cccc(SCc4ccc5ccccc5n4)c3)c2)c1C. The summed E-state index contributed by atoms with van der Waals surface area (Å²) in [5.74, 6) is 1.29. The minimum atomic E-state index is -0.745. The summed E-state index contributed by atoms with van der Waals surface area (Å²) in [6.07, 6.45) is 0. The maximum Gasteiger partial charge on any atom is 0.346 e. The van der Waals surface area contributed by atoms with Crippen LogP contribution in [0.5, 0.6) is 17.2 Å². The molecule has 0 aliphatic heterocycles. The van der Waals surface area contributed by atoms with Crippen molar-refractivity contribution in [2.24, 2.45) is 0 Å². The zero-order chi connectivity index (χ0) is 40.6. The van der Waals surface area contributed by atoms with E-state index in [-0.39, 0.29) is 24.3 Å². The van der Waals surface area contributed by atoms with Gasteiger partial charge in [0, 0.05) is 27.0 Å². The van der Waals surface area contributed by atoms with Gasteiger partial charge in [0.2, 0.25) is 0 Å². The van der Waals surface area contributed by atoms with Gasteiger partial charge in [-0.3, -0.25) is 4.98 Å². The topological polar surface area (TPSA) is 96.8 Å². The van der Waals surface area contributed by atoms with Crippen molar-refractivity contribution < 1.29 is 28.5 Å². The molecule has 59 heavy (non-hydrogen) atoms. The molecule has 0 saturated heterocycles. The van der Waals surface area contributed by atoms with E-state index in [4.69, 9.17) is 28.9 Å². The lowest BCUT2D eigenvalue weighted by atomic mass is 10.0. The van der Waals surface area contributed by atoms with Crippen molar-refractivity contribution in [3.8, 4) is 17.2 Å². The lowest BCUT2D eigenvalue weighted by Gasteiger charge is -2.15. The fourth-order valence-corrected chi connectivity index (χ4v) is 7.47. The number of thioether (sulfide) groups is 1. The Kier molecular flexibility index (Phi) is 11.9. The number of hydrogen-bond acceptors (Lipinski definition) is 9. The zero-order valence-electron chi connectivity index (χ0n) is 32.6. The normalized spacial score (nSPS) is 11.0. The summed E-state index contributed by atoms with van der Waals surface area (Å²) >= 11 is 1.68. The van der Waals surface area contributed by atoms with Gasteiger partial charge in [0.15, 0.2) is 0 Å². The summed E-state index contributed by atoms with van der Waals surface area (Å²) in [5, 5.41) is 2.20. The predicted molar refractivity (Wildman–Crippen MR) is 231 cm³/mol. The fraction of sp³-hybridized carbons (Fsp3) is 0.120. The van der Waals surface area contributed by atoms with Crippen LogP contribution in [0.3, 0.4) is 0 Å². The van der Waals surface area contributed by atoms with E-state index in [1.54, 1.807) is 42.1 Å².